The SMILES string of the molecule is C=CCN(CC(=O)O)C(=O)c1ccc(=O)n(CCC)n1. The summed E-state index contributed by atoms with van der Waals surface area (Å²) in [6.07, 6.45) is 2.14. The molecular formula is C13H17N3O4. The maximum atomic E-state index is 12.2. The molecule has 0 aliphatic rings. The van der Waals surface area contributed by atoms with Gasteiger partial charge in [-0.25, -0.2) is 4.68 Å². The van der Waals surface area contributed by atoms with E-state index in [1.54, 1.807) is 0 Å². The Hall–Kier alpha value is -2.44. The molecule has 0 bridgehead atoms. The molecule has 0 saturated heterocycles. The van der Waals surface area contributed by atoms with Crippen molar-refractivity contribution in [3.8, 4) is 0 Å². The number of hydrogen-bond donors (Lipinski definition) is 1. The van der Waals surface area contributed by atoms with Crippen LogP contribution in [0.15, 0.2) is 29.6 Å². The highest BCUT2D eigenvalue weighted by molar-refractivity contribution is 5.94. The Morgan fingerprint density at radius 1 is 1.50 bits per heavy atom. The van der Waals surface area contributed by atoms with Gasteiger partial charge in [0, 0.05) is 19.2 Å². The number of carboxylic acids is 1. The van der Waals surface area contributed by atoms with Crippen LogP contribution in [0.4, 0.5) is 0 Å². The summed E-state index contributed by atoms with van der Waals surface area (Å²) < 4.78 is 1.19. The highest BCUT2D eigenvalue weighted by atomic mass is 16.4. The zero-order valence-corrected chi connectivity index (χ0v) is 11.3. The smallest absolute Gasteiger partial charge is 0.323 e. The fourth-order valence-corrected chi connectivity index (χ4v) is 1.64. The van der Waals surface area contributed by atoms with Crippen molar-refractivity contribution in [2.24, 2.45) is 0 Å². The first-order valence-electron chi connectivity index (χ1n) is 6.19. The molecule has 7 nitrogen and oxygen atoms in total. The van der Waals surface area contributed by atoms with Gasteiger partial charge in [0.05, 0.1) is 0 Å². The Bertz CT molecular complexity index is 565. The van der Waals surface area contributed by atoms with Crippen LogP contribution < -0.4 is 5.56 Å². The normalized spacial score (nSPS) is 10.1. The predicted molar refractivity (Wildman–Crippen MR) is 72.5 cm³/mol. The zero-order valence-electron chi connectivity index (χ0n) is 11.3. The molecule has 0 radical (unpaired) electrons. The van der Waals surface area contributed by atoms with Crippen LogP contribution in [0.25, 0.3) is 0 Å². The molecule has 1 rings (SSSR count). The van der Waals surface area contributed by atoms with Gasteiger partial charge in [-0.1, -0.05) is 13.0 Å². The predicted octanol–water partition coefficient (Wildman–Crippen LogP) is 0.366. The van der Waals surface area contributed by atoms with Crippen LogP contribution in [0, 0.1) is 0 Å². The van der Waals surface area contributed by atoms with Crippen LogP contribution >= 0.6 is 0 Å². The number of carbonyl (C=O) groups excluding carboxylic acids is 1. The molecule has 0 aliphatic heterocycles. The summed E-state index contributed by atoms with van der Waals surface area (Å²) in [5, 5.41) is 12.7. The van der Waals surface area contributed by atoms with Crippen molar-refractivity contribution in [1.29, 1.82) is 0 Å². The van der Waals surface area contributed by atoms with E-state index < -0.39 is 18.4 Å². The van der Waals surface area contributed by atoms with Crippen LogP contribution in [-0.2, 0) is 11.3 Å². The summed E-state index contributed by atoms with van der Waals surface area (Å²) in [6.45, 7) is 5.42. The van der Waals surface area contributed by atoms with Crippen molar-refractivity contribution in [3.05, 3.63) is 40.8 Å². The molecule has 0 spiro atoms. The van der Waals surface area contributed by atoms with Crippen LogP contribution in [0.3, 0.4) is 0 Å². The van der Waals surface area contributed by atoms with Crippen molar-refractivity contribution in [2.45, 2.75) is 19.9 Å². The second kappa shape index (κ2) is 7.22. The Morgan fingerprint density at radius 2 is 2.20 bits per heavy atom. The number of nitrogens with zero attached hydrogens (tertiary/aromatic N) is 3. The van der Waals surface area contributed by atoms with E-state index in [0.717, 1.165) is 4.90 Å². The third-order valence-electron chi connectivity index (χ3n) is 2.48. The summed E-state index contributed by atoms with van der Waals surface area (Å²) >= 11 is 0. The van der Waals surface area contributed by atoms with Gasteiger partial charge in [-0.3, -0.25) is 14.4 Å². The molecule has 0 aliphatic carbocycles. The summed E-state index contributed by atoms with van der Waals surface area (Å²) in [5.41, 5.74) is -0.252. The van der Waals surface area contributed by atoms with Crippen LogP contribution in [0.2, 0.25) is 0 Å². The Kier molecular flexibility index (Phi) is 5.64. The lowest BCUT2D eigenvalue weighted by atomic mass is 10.3. The molecule has 108 valence electrons. The lowest BCUT2D eigenvalue weighted by molar-refractivity contribution is -0.137. The molecule has 1 aromatic heterocycles. The average Bonchev–Trinajstić information content (AvgIpc) is 2.40. The number of rotatable bonds is 7. The van der Waals surface area contributed by atoms with E-state index in [-0.39, 0.29) is 17.8 Å². The highest BCUT2D eigenvalue weighted by Gasteiger charge is 2.19. The summed E-state index contributed by atoms with van der Waals surface area (Å²) in [7, 11) is 0. The first-order chi connectivity index (χ1) is 9.49. The van der Waals surface area contributed by atoms with Gasteiger partial charge in [-0.2, -0.15) is 5.10 Å². The molecule has 1 amide bonds. The number of amides is 1. The number of hydrogen-bond acceptors (Lipinski definition) is 4. The summed E-state index contributed by atoms with van der Waals surface area (Å²) in [6, 6.07) is 2.55. The van der Waals surface area contributed by atoms with E-state index in [0.29, 0.717) is 13.0 Å². The van der Waals surface area contributed by atoms with Crippen molar-refractivity contribution in [1.82, 2.24) is 14.7 Å². The minimum atomic E-state index is -1.12. The van der Waals surface area contributed by atoms with E-state index in [1.165, 1.54) is 22.9 Å². The summed E-state index contributed by atoms with van der Waals surface area (Å²) in [5.74, 6) is -1.67. The largest absolute Gasteiger partial charge is 0.480 e. The first kappa shape index (κ1) is 15.6. The first-order valence-corrected chi connectivity index (χ1v) is 6.19. The van der Waals surface area contributed by atoms with E-state index in [2.05, 4.69) is 11.7 Å². The summed E-state index contributed by atoms with van der Waals surface area (Å²) in [4.78, 5) is 35.5. The molecule has 0 aromatic carbocycles. The van der Waals surface area contributed by atoms with Crippen LogP contribution in [0.5, 0.6) is 0 Å². The highest BCUT2D eigenvalue weighted by Crippen LogP contribution is 2.01. The third kappa shape index (κ3) is 4.04. The molecule has 7 heteroatoms. The van der Waals surface area contributed by atoms with Crippen LogP contribution in [-0.4, -0.2) is 44.8 Å². The van der Waals surface area contributed by atoms with Gasteiger partial charge in [-0.05, 0) is 12.5 Å². The number of carboxylic acid groups (broad SMARTS) is 1. The minimum absolute atomic E-state index is 0.0427. The maximum Gasteiger partial charge on any atom is 0.323 e. The topological polar surface area (TPSA) is 92.5 Å². The fraction of sp³-hybridized carbons (Fsp3) is 0.385. The van der Waals surface area contributed by atoms with Crippen molar-refractivity contribution >= 4 is 11.9 Å². The minimum Gasteiger partial charge on any atom is -0.480 e. The van der Waals surface area contributed by atoms with Gasteiger partial charge in [0.2, 0.25) is 0 Å². The fourth-order valence-electron chi connectivity index (χ4n) is 1.64. The number of aromatic nitrogens is 2. The molecule has 0 fully saturated rings. The second-order valence-electron chi connectivity index (χ2n) is 4.15. The third-order valence-corrected chi connectivity index (χ3v) is 2.48. The quantitative estimate of drug-likeness (QED) is 0.728. The van der Waals surface area contributed by atoms with Gasteiger partial charge in [0.1, 0.15) is 12.2 Å². The van der Waals surface area contributed by atoms with Crippen molar-refractivity contribution in [2.75, 3.05) is 13.1 Å². The Labute approximate surface area is 116 Å². The number of aryl methyl sites for hydroxylation is 1. The van der Waals surface area contributed by atoms with Crippen molar-refractivity contribution in [3.63, 3.8) is 0 Å². The number of aliphatic carboxylic acids is 1. The van der Waals surface area contributed by atoms with Gasteiger partial charge < -0.3 is 10.0 Å². The maximum absolute atomic E-state index is 12.2. The second-order valence-corrected chi connectivity index (χ2v) is 4.15. The molecule has 1 aromatic rings. The Balaban J connectivity index is 3.04. The average molecular weight is 279 g/mol. The molecule has 0 atom stereocenters. The molecule has 0 saturated carbocycles. The lowest BCUT2D eigenvalue weighted by Crippen LogP contribution is -2.37. The standard InChI is InChI=1S/C13H17N3O4/c1-3-7-15(9-12(18)19)13(20)10-5-6-11(17)16(14-10)8-4-2/h3,5-6H,1,4,7-9H2,2H3,(H,18,19). The molecule has 1 N–H and O–H groups in total. The molecule has 1 heterocycles. The van der Waals surface area contributed by atoms with E-state index >= 15 is 0 Å². The van der Waals surface area contributed by atoms with Crippen molar-refractivity contribution < 1.29 is 14.7 Å². The van der Waals surface area contributed by atoms with Crippen LogP contribution in [0.1, 0.15) is 23.8 Å². The monoisotopic (exact) mass is 279 g/mol. The van der Waals surface area contributed by atoms with E-state index in [9.17, 15) is 14.4 Å². The zero-order chi connectivity index (χ0) is 15.1. The van der Waals surface area contributed by atoms with Gasteiger partial charge in [0.15, 0.2) is 0 Å². The Morgan fingerprint density at radius 3 is 2.75 bits per heavy atom. The van der Waals surface area contributed by atoms with Gasteiger partial charge >= 0.3 is 5.97 Å². The molecule has 20 heavy (non-hydrogen) atoms. The van der Waals surface area contributed by atoms with Gasteiger partial charge in [-0.15, -0.1) is 6.58 Å². The molecular weight excluding hydrogens is 262 g/mol. The molecule has 0 unspecified atom stereocenters. The lowest BCUT2D eigenvalue weighted by Gasteiger charge is -2.18. The van der Waals surface area contributed by atoms with E-state index in [1.807, 2.05) is 6.92 Å². The van der Waals surface area contributed by atoms with E-state index in [4.69, 9.17) is 5.11 Å². The number of carbonyl (C=O) groups is 2. The van der Waals surface area contributed by atoms with Gasteiger partial charge in [0.25, 0.3) is 11.5 Å².